The highest BCUT2D eigenvalue weighted by Gasteiger charge is 2.61. The van der Waals surface area contributed by atoms with Crippen molar-refractivity contribution >= 4 is 46.2 Å². The molecule has 3 aliphatic rings. The molecule has 1 unspecified atom stereocenters. The third-order valence-electron chi connectivity index (χ3n) is 8.88. The first-order valence-electron chi connectivity index (χ1n) is 16.4. The lowest BCUT2D eigenvalue weighted by atomic mass is 10.0. The number of fused-ring (bicyclic) bond motifs is 3. The number of carbonyl (C=O) groups excluding carboxylic acids is 3. The molecule has 0 radical (unpaired) electrons. The molecule has 0 bridgehead atoms. The molecule has 6 rings (SSSR count). The Morgan fingerprint density at radius 1 is 1.08 bits per heavy atom. The lowest BCUT2D eigenvalue weighted by Gasteiger charge is -2.30. The van der Waals surface area contributed by atoms with E-state index in [1.54, 1.807) is 20.8 Å². The number of benzene rings is 1. The van der Waals surface area contributed by atoms with E-state index in [0.29, 0.717) is 29.6 Å². The topological polar surface area (TPSA) is 160 Å². The summed E-state index contributed by atoms with van der Waals surface area (Å²) in [5.74, 6) is -2.23. The maximum atomic E-state index is 14.3. The summed E-state index contributed by atoms with van der Waals surface area (Å²) >= 11 is 1.49. The van der Waals surface area contributed by atoms with Gasteiger partial charge in [0, 0.05) is 12.3 Å². The molecule has 1 aromatic carbocycles. The predicted molar refractivity (Wildman–Crippen MR) is 179 cm³/mol. The SMILES string of the molecule is CC(C)(C)OC(=O)N[C@H]1CCCCC/C=C\[C@@H]2C[C@@]2(C(=O)O)NC(=O)[C@@H]2CC(Oc3nc4ccccc4nc3-c3cccs3)CN2C1=O. The van der Waals surface area contributed by atoms with Gasteiger partial charge in [-0.25, -0.2) is 19.6 Å². The normalized spacial score (nSPS) is 27.1. The van der Waals surface area contributed by atoms with E-state index in [4.69, 9.17) is 19.4 Å². The number of carbonyl (C=O) groups is 4. The Labute approximate surface area is 282 Å². The van der Waals surface area contributed by atoms with E-state index in [1.807, 2.05) is 53.9 Å². The van der Waals surface area contributed by atoms with Crippen LogP contribution in [0.2, 0.25) is 0 Å². The van der Waals surface area contributed by atoms with E-state index in [2.05, 4.69) is 10.6 Å². The first-order valence-corrected chi connectivity index (χ1v) is 17.3. The van der Waals surface area contributed by atoms with Crippen molar-refractivity contribution in [1.82, 2.24) is 25.5 Å². The molecule has 254 valence electrons. The molecule has 1 saturated heterocycles. The number of nitrogens with one attached hydrogen (secondary N) is 2. The van der Waals surface area contributed by atoms with Gasteiger partial charge in [-0.3, -0.25) is 9.59 Å². The number of carboxylic acids is 1. The van der Waals surface area contributed by atoms with Gasteiger partial charge in [-0.05, 0) is 70.0 Å². The molecule has 2 aliphatic heterocycles. The third kappa shape index (κ3) is 7.30. The fraction of sp³-hybridized carbons (Fsp3) is 0.486. The van der Waals surface area contributed by atoms with Gasteiger partial charge in [0.15, 0.2) is 0 Å². The number of aromatic nitrogens is 2. The number of thiophene rings is 1. The fourth-order valence-corrected chi connectivity index (χ4v) is 7.10. The zero-order chi connectivity index (χ0) is 34.1. The van der Waals surface area contributed by atoms with Crippen molar-refractivity contribution in [3.8, 4) is 16.5 Å². The quantitative estimate of drug-likeness (QED) is 0.314. The Bertz CT molecular complexity index is 1720. The zero-order valence-electron chi connectivity index (χ0n) is 27.3. The second-order valence-electron chi connectivity index (χ2n) is 13.7. The van der Waals surface area contributed by atoms with Crippen LogP contribution < -0.4 is 15.4 Å². The molecule has 2 aromatic heterocycles. The maximum Gasteiger partial charge on any atom is 0.408 e. The minimum Gasteiger partial charge on any atom is -0.479 e. The number of rotatable bonds is 5. The van der Waals surface area contributed by atoms with Crippen LogP contribution in [-0.2, 0) is 19.1 Å². The summed E-state index contributed by atoms with van der Waals surface area (Å²) in [6.07, 6.45) is 6.18. The zero-order valence-corrected chi connectivity index (χ0v) is 28.1. The largest absolute Gasteiger partial charge is 0.479 e. The molecule has 1 saturated carbocycles. The van der Waals surface area contributed by atoms with Crippen molar-refractivity contribution in [3.63, 3.8) is 0 Å². The van der Waals surface area contributed by atoms with E-state index in [-0.39, 0.29) is 31.2 Å². The number of allylic oxidation sites excluding steroid dienone is 1. The Hall–Kier alpha value is -4.52. The highest BCUT2D eigenvalue weighted by molar-refractivity contribution is 7.13. The van der Waals surface area contributed by atoms with Crippen LogP contribution in [0.3, 0.4) is 0 Å². The molecule has 12 nitrogen and oxygen atoms in total. The molecule has 3 N–H and O–H groups in total. The summed E-state index contributed by atoms with van der Waals surface area (Å²) in [5.41, 5.74) is -0.337. The van der Waals surface area contributed by atoms with E-state index in [0.717, 1.165) is 24.1 Å². The summed E-state index contributed by atoms with van der Waals surface area (Å²) in [6, 6.07) is 9.27. The first kappa shape index (κ1) is 33.4. The van der Waals surface area contributed by atoms with Crippen LogP contribution in [0.5, 0.6) is 5.88 Å². The number of para-hydroxylation sites is 2. The maximum absolute atomic E-state index is 14.3. The van der Waals surface area contributed by atoms with Crippen LogP contribution in [0.1, 0.15) is 65.7 Å². The molecule has 1 aliphatic carbocycles. The predicted octanol–water partition coefficient (Wildman–Crippen LogP) is 5.08. The average Bonchev–Trinajstić information content (AvgIpc) is 3.34. The van der Waals surface area contributed by atoms with Crippen LogP contribution in [0.4, 0.5) is 4.79 Å². The average molecular weight is 676 g/mol. The molecule has 0 spiro atoms. The van der Waals surface area contributed by atoms with Gasteiger partial charge in [-0.2, -0.15) is 0 Å². The highest BCUT2D eigenvalue weighted by atomic mass is 32.1. The van der Waals surface area contributed by atoms with E-state index in [9.17, 15) is 24.3 Å². The van der Waals surface area contributed by atoms with Crippen molar-refractivity contribution in [2.24, 2.45) is 5.92 Å². The molecule has 13 heteroatoms. The van der Waals surface area contributed by atoms with Gasteiger partial charge in [0.05, 0.1) is 22.5 Å². The smallest absolute Gasteiger partial charge is 0.408 e. The van der Waals surface area contributed by atoms with Gasteiger partial charge in [0.1, 0.15) is 35.0 Å². The van der Waals surface area contributed by atoms with Crippen molar-refractivity contribution in [3.05, 3.63) is 53.9 Å². The number of nitrogens with zero attached hydrogens (tertiary/aromatic N) is 3. The Morgan fingerprint density at radius 2 is 1.85 bits per heavy atom. The second-order valence-corrected chi connectivity index (χ2v) is 14.6. The number of hydrogen-bond acceptors (Lipinski definition) is 9. The minimum absolute atomic E-state index is 0.0191. The van der Waals surface area contributed by atoms with Gasteiger partial charge in [0.25, 0.3) is 0 Å². The van der Waals surface area contributed by atoms with Crippen molar-refractivity contribution in [2.75, 3.05) is 6.54 Å². The van der Waals surface area contributed by atoms with E-state index < -0.39 is 53.2 Å². The number of hydrogen-bond donors (Lipinski definition) is 3. The molecule has 3 aromatic rings. The summed E-state index contributed by atoms with van der Waals surface area (Å²) in [4.78, 5) is 65.5. The number of carboxylic acid groups (broad SMARTS) is 1. The van der Waals surface area contributed by atoms with Gasteiger partial charge in [-0.15, -0.1) is 11.3 Å². The van der Waals surface area contributed by atoms with Gasteiger partial charge >= 0.3 is 12.1 Å². The fourth-order valence-electron chi connectivity index (χ4n) is 6.39. The first-order chi connectivity index (χ1) is 22.9. The summed E-state index contributed by atoms with van der Waals surface area (Å²) in [7, 11) is 0. The standard InChI is InChI=1S/C35H41N5O7S/c1-34(2,3)47-33(45)38-25-15-8-6-4-5-7-12-21-19-35(21,32(43)44)39-29(41)26-18-22(20-40(26)31(25)42)46-30-28(27-16-11-17-48-27)36-23-13-9-10-14-24(23)37-30/h7,9-14,16-17,21-22,25-26H,4-6,8,15,18-20H2,1-3H3,(H,38,45)(H,39,41)(H,43,44)/b12-7-/t21-,22?,25+,26+,35-/m1/s1. The van der Waals surface area contributed by atoms with Crippen LogP contribution in [0.25, 0.3) is 21.6 Å². The monoisotopic (exact) mass is 675 g/mol. The van der Waals surface area contributed by atoms with Crippen LogP contribution in [-0.4, -0.2) is 79.7 Å². The number of aliphatic carboxylic acids is 1. The van der Waals surface area contributed by atoms with Gasteiger partial charge < -0.3 is 30.1 Å². The van der Waals surface area contributed by atoms with Gasteiger partial charge in [0.2, 0.25) is 17.7 Å². The summed E-state index contributed by atoms with van der Waals surface area (Å²) in [5, 5.41) is 17.6. The highest BCUT2D eigenvalue weighted by Crippen LogP contribution is 2.45. The van der Waals surface area contributed by atoms with Crippen molar-refractivity contribution in [2.45, 2.75) is 95.0 Å². The summed E-state index contributed by atoms with van der Waals surface area (Å²) in [6.45, 7) is 5.24. The lowest BCUT2D eigenvalue weighted by Crippen LogP contribution is -2.56. The van der Waals surface area contributed by atoms with Crippen LogP contribution >= 0.6 is 11.3 Å². The molecule has 5 atom stereocenters. The Morgan fingerprint density at radius 3 is 2.56 bits per heavy atom. The second kappa shape index (κ2) is 13.5. The molecule has 3 amide bonds. The Balaban J connectivity index is 1.32. The molecular weight excluding hydrogens is 634 g/mol. The Kier molecular flexibility index (Phi) is 9.41. The molecule has 2 fully saturated rings. The molecule has 4 heterocycles. The van der Waals surface area contributed by atoms with E-state index in [1.165, 1.54) is 16.2 Å². The van der Waals surface area contributed by atoms with Crippen molar-refractivity contribution < 1.29 is 33.8 Å². The molecule has 48 heavy (non-hydrogen) atoms. The van der Waals surface area contributed by atoms with Crippen LogP contribution in [0.15, 0.2) is 53.9 Å². The summed E-state index contributed by atoms with van der Waals surface area (Å²) < 4.78 is 12.0. The lowest BCUT2D eigenvalue weighted by molar-refractivity contribution is -0.145. The van der Waals surface area contributed by atoms with Crippen molar-refractivity contribution in [1.29, 1.82) is 0 Å². The minimum atomic E-state index is -1.44. The van der Waals surface area contributed by atoms with Crippen LogP contribution in [0, 0.1) is 5.92 Å². The number of ether oxygens (including phenoxy) is 2. The number of amides is 3. The van der Waals surface area contributed by atoms with E-state index >= 15 is 0 Å². The number of alkyl carbamates (subject to hydrolysis) is 1. The third-order valence-corrected chi connectivity index (χ3v) is 9.76. The van der Waals surface area contributed by atoms with Gasteiger partial charge in [-0.1, -0.05) is 43.2 Å². The molecular formula is C35H41N5O7S.